The van der Waals surface area contributed by atoms with Crippen LogP contribution in [0.15, 0.2) is 52.9 Å². The maximum atomic E-state index is 13.1. The number of para-hydroxylation sites is 1. The molecular weight excluding hydrogens is 277 g/mol. The van der Waals surface area contributed by atoms with Crippen LogP contribution in [0, 0.1) is 5.82 Å². The zero-order chi connectivity index (χ0) is 14.1. The number of rotatable bonds is 3. The predicted octanol–water partition coefficient (Wildman–Crippen LogP) is 4.47. The van der Waals surface area contributed by atoms with Gasteiger partial charge in [0.05, 0.1) is 11.1 Å². The fourth-order valence-electron chi connectivity index (χ4n) is 2.21. The molecule has 3 rings (SSSR count). The summed E-state index contributed by atoms with van der Waals surface area (Å²) in [5.41, 5.74) is 7.84. The normalized spacial score (nSPS) is 12.8. The highest BCUT2D eigenvalue weighted by Crippen LogP contribution is 2.25. The number of hydrogen-bond acceptors (Lipinski definition) is 2. The fourth-order valence-corrected chi connectivity index (χ4v) is 2.41. The van der Waals surface area contributed by atoms with Gasteiger partial charge in [0, 0.05) is 5.39 Å². The molecule has 0 aliphatic rings. The number of nitrogens with two attached hydrogens (primary N) is 1. The smallest absolute Gasteiger partial charge is 0.141 e. The Morgan fingerprint density at radius 3 is 2.70 bits per heavy atom. The van der Waals surface area contributed by atoms with Gasteiger partial charge in [0.25, 0.3) is 0 Å². The molecule has 0 spiro atoms. The van der Waals surface area contributed by atoms with Gasteiger partial charge in [0.1, 0.15) is 17.2 Å². The molecule has 0 saturated carbocycles. The van der Waals surface area contributed by atoms with E-state index in [0.29, 0.717) is 12.2 Å². The first-order valence-electron chi connectivity index (χ1n) is 6.31. The van der Waals surface area contributed by atoms with E-state index < -0.39 is 5.82 Å². The molecule has 0 radical (unpaired) electrons. The highest BCUT2D eigenvalue weighted by Gasteiger charge is 2.13. The van der Waals surface area contributed by atoms with Gasteiger partial charge in [-0.3, -0.25) is 0 Å². The Kier molecular flexibility index (Phi) is 3.47. The van der Waals surface area contributed by atoms with Crippen molar-refractivity contribution in [1.29, 1.82) is 0 Å². The Morgan fingerprint density at radius 1 is 1.15 bits per heavy atom. The van der Waals surface area contributed by atoms with Crippen molar-refractivity contribution in [3.63, 3.8) is 0 Å². The van der Waals surface area contributed by atoms with Crippen LogP contribution in [0.1, 0.15) is 17.4 Å². The fraction of sp³-hybridized carbons (Fsp3) is 0.125. The first kappa shape index (κ1) is 13.2. The molecule has 0 aliphatic heterocycles. The third-order valence-corrected chi connectivity index (χ3v) is 3.54. The Bertz CT molecular complexity index is 720. The SMILES string of the molecule is NC(Cc1ccc(F)c(Cl)c1)c1cc2ccccc2o1. The molecule has 2 N–H and O–H groups in total. The Labute approximate surface area is 121 Å². The van der Waals surface area contributed by atoms with E-state index >= 15 is 0 Å². The summed E-state index contributed by atoms with van der Waals surface area (Å²) in [5.74, 6) is 0.291. The van der Waals surface area contributed by atoms with Crippen LogP contribution >= 0.6 is 11.6 Å². The number of halogens is 2. The zero-order valence-electron chi connectivity index (χ0n) is 10.6. The van der Waals surface area contributed by atoms with Crippen molar-refractivity contribution in [2.24, 2.45) is 5.73 Å². The van der Waals surface area contributed by atoms with E-state index in [2.05, 4.69) is 0 Å². The second kappa shape index (κ2) is 5.27. The van der Waals surface area contributed by atoms with Crippen LogP contribution in [-0.4, -0.2) is 0 Å². The Morgan fingerprint density at radius 2 is 1.95 bits per heavy atom. The maximum absolute atomic E-state index is 13.1. The van der Waals surface area contributed by atoms with E-state index in [0.717, 1.165) is 16.5 Å². The number of furan rings is 1. The molecule has 2 nitrogen and oxygen atoms in total. The summed E-state index contributed by atoms with van der Waals surface area (Å²) in [5, 5.41) is 1.13. The molecule has 1 atom stereocenters. The van der Waals surface area contributed by atoms with E-state index in [1.54, 1.807) is 12.1 Å². The van der Waals surface area contributed by atoms with Crippen molar-refractivity contribution in [1.82, 2.24) is 0 Å². The van der Waals surface area contributed by atoms with Crippen LogP contribution in [-0.2, 0) is 6.42 Å². The predicted molar refractivity (Wildman–Crippen MR) is 78.3 cm³/mol. The van der Waals surface area contributed by atoms with Gasteiger partial charge >= 0.3 is 0 Å². The number of benzene rings is 2. The molecule has 1 heterocycles. The van der Waals surface area contributed by atoms with Crippen molar-refractivity contribution < 1.29 is 8.81 Å². The van der Waals surface area contributed by atoms with E-state index in [1.807, 2.05) is 30.3 Å². The highest BCUT2D eigenvalue weighted by molar-refractivity contribution is 6.30. The van der Waals surface area contributed by atoms with Gasteiger partial charge in [0.2, 0.25) is 0 Å². The van der Waals surface area contributed by atoms with Crippen LogP contribution in [0.4, 0.5) is 4.39 Å². The minimum Gasteiger partial charge on any atom is -0.459 e. The number of fused-ring (bicyclic) bond motifs is 1. The van der Waals surface area contributed by atoms with Gasteiger partial charge in [0.15, 0.2) is 0 Å². The lowest BCUT2D eigenvalue weighted by atomic mass is 10.0. The van der Waals surface area contributed by atoms with Gasteiger partial charge in [-0.05, 0) is 36.2 Å². The van der Waals surface area contributed by atoms with Gasteiger partial charge in [-0.15, -0.1) is 0 Å². The van der Waals surface area contributed by atoms with E-state index in [-0.39, 0.29) is 11.1 Å². The molecule has 102 valence electrons. The van der Waals surface area contributed by atoms with Crippen LogP contribution < -0.4 is 5.73 Å². The Hall–Kier alpha value is -1.84. The molecule has 3 aromatic rings. The second-order valence-corrected chi connectivity index (χ2v) is 5.15. The number of hydrogen-bond donors (Lipinski definition) is 1. The average Bonchev–Trinajstić information content (AvgIpc) is 2.87. The topological polar surface area (TPSA) is 39.2 Å². The standard InChI is InChI=1S/C16H13ClFNO/c17-12-7-10(5-6-13(12)18)8-14(19)16-9-11-3-1-2-4-15(11)20-16/h1-7,9,14H,8,19H2. The van der Waals surface area contributed by atoms with Crippen molar-refractivity contribution in [2.45, 2.75) is 12.5 Å². The lowest BCUT2D eigenvalue weighted by molar-refractivity contribution is 0.494. The maximum Gasteiger partial charge on any atom is 0.141 e. The summed E-state index contributed by atoms with van der Waals surface area (Å²) < 4.78 is 18.8. The molecule has 20 heavy (non-hydrogen) atoms. The second-order valence-electron chi connectivity index (χ2n) is 4.75. The molecule has 1 aromatic heterocycles. The molecular formula is C16H13ClFNO. The van der Waals surface area contributed by atoms with E-state index in [4.69, 9.17) is 21.8 Å². The molecule has 2 aromatic carbocycles. The zero-order valence-corrected chi connectivity index (χ0v) is 11.4. The third kappa shape index (κ3) is 2.55. The monoisotopic (exact) mass is 289 g/mol. The summed E-state index contributed by atoms with van der Waals surface area (Å²) in [4.78, 5) is 0. The summed E-state index contributed by atoms with van der Waals surface area (Å²) >= 11 is 5.77. The minimum absolute atomic E-state index is 0.110. The average molecular weight is 290 g/mol. The molecule has 0 saturated heterocycles. The largest absolute Gasteiger partial charge is 0.459 e. The molecule has 1 unspecified atom stereocenters. The molecule has 0 bridgehead atoms. The summed E-state index contributed by atoms with van der Waals surface area (Å²) in [6.45, 7) is 0. The first-order chi connectivity index (χ1) is 9.63. The van der Waals surface area contributed by atoms with Crippen LogP contribution in [0.25, 0.3) is 11.0 Å². The van der Waals surface area contributed by atoms with Crippen molar-refractivity contribution in [2.75, 3.05) is 0 Å². The summed E-state index contributed by atoms with van der Waals surface area (Å²) in [6.07, 6.45) is 0.541. The lowest BCUT2D eigenvalue weighted by Gasteiger charge is -2.09. The van der Waals surface area contributed by atoms with Crippen molar-refractivity contribution in [3.05, 3.63) is 70.7 Å². The van der Waals surface area contributed by atoms with Crippen molar-refractivity contribution >= 4 is 22.6 Å². The van der Waals surface area contributed by atoms with Crippen LogP contribution in [0.2, 0.25) is 5.02 Å². The summed E-state index contributed by atoms with van der Waals surface area (Å²) in [7, 11) is 0. The summed E-state index contributed by atoms with van der Waals surface area (Å²) in [6, 6.07) is 14.0. The van der Waals surface area contributed by atoms with Gasteiger partial charge in [-0.25, -0.2) is 4.39 Å². The van der Waals surface area contributed by atoms with Gasteiger partial charge in [-0.1, -0.05) is 35.9 Å². The Balaban J connectivity index is 1.84. The molecule has 0 fully saturated rings. The van der Waals surface area contributed by atoms with Crippen LogP contribution in [0.5, 0.6) is 0 Å². The van der Waals surface area contributed by atoms with Crippen molar-refractivity contribution in [3.8, 4) is 0 Å². The van der Waals surface area contributed by atoms with Gasteiger partial charge in [-0.2, -0.15) is 0 Å². The molecule has 4 heteroatoms. The molecule has 0 amide bonds. The molecule has 0 aliphatic carbocycles. The van der Waals surface area contributed by atoms with Gasteiger partial charge < -0.3 is 10.2 Å². The first-order valence-corrected chi connectivity index (χ1v) is 6.69. The van der Waals surface area contributed by atoms with Crippen LogP contribution in [0.3, 0.4) is 0 Å². The quantitative estimate of drug-likeness (QED) is 0.773. The van der Waals surface area contributed by atoms with E-state index in [1.165, 1.54) is 6.07 Å². The highest BCUT2D eigenvalue weighted by atomic mass is 35.5. The van der Waals surface area contributed by atoms with E-state index in [9.17, 15) is 4.39 Å². The minimum atomic E-state index is -0.423. The lowest BCUT2D eigenvalue weighted by Crippen LogP contribution is -2.12. The third-order valence-electron chi connectivity index (χ3n) is 3.25.